The molecule has 68 valence electrons. The van der Waals surface area contributed by atoms with Gasteiger partial charge in [0.15, 0.2) is 0 Å². The Morgan fingerprint density at radius 2 is 2.46 bits per heavy atom. The summed E-state index contributed by atoms with van der Waals surface area (Å²) in [5.74, 6) is 0.576. The molecule has 1 aromatic heterocycles. The molecule has 0 bridgehead atoms. The second-order valence-corrected chi connectivity index (χ2v) is 2.39. The number of methoxy groups -OCH3 is 1. The van der Waals surface area contributed by atoms with Crippen molar-refractivity contribution in [2.24, 2.45) is 4.99 Å². The SMILES string of the molecule is COc1cccc(CCN=C=O)n1. The Hall–Kier alpha value is -1.67. The largest absolute Gasteiger partial charge is 0.481 e. The monoisotopic (exact) mass is 178 g/mol. The van der Waals surface area contributed by atoms with Crippen LogP contribution in [0.4, 0.5) is 0 Å². The van der Waals surface area contributed by atoms with E-state index >= 15 is 0 Å². The number of hydrogen-bond donors (Lipinski definition) is 0. The molecule has 0 saturated heterocycles. The third-order valence-corrected chi connectivity index (χ3v) is 1.53. The van der Waals surface area contributed by atoms with Crippen LogP contribution in [0.5, 0.6) is 5.88 Å². The lowest BCUT2D eigenvalue weighted by Gasteiger charge is -2.00. The molecule has 4 nitrogen and oxygen atoms in total. The molecule has 0 aromatic carbocycles. The first-order chi connectivity index (χ1) is 6.36. The zero-order valence-corrected chi connectivity index (χ0v) is 7.36. The Morgan fingerprint density at radius 1 is 1.62 bits per heavy atom. The van der Waals surface area contributed by atoms with E-state index in [1.54, 1.807) is 13.2 Å². The maximum absolute atomic E-state index is 9.78. The highest BCUT2D eigenvalue weighted by Crippen LogP contribution is 2.06. The molecule has 1 rings (SSSR count). The minimum atomic E-state index is 0.420. The molecule has 0 radical (unpaired) electrons. The molecule has 0 atom stereocenters. The van der Waals surface area contributed by atoms with Gasteiger partial charge in [-0.25, -0.2) is 14.8 Å². The maximum Gasteiger partial charge on any atom is 0.234 e. The third kappa shape index (κ3) is 3.05. The summed E-state index contributed by atoms with van der Waals surface area (Å²) >= 11 is 0. The van der Waals surface area contributed by atoms with Crippen LogP contribution < -0.4 is 4.74 Å². The van der Waals surface area contributed by atoms with Crippen molar-refractivity contribution >= 4 is 6.08 Å². The fourth-order valence-corrected chi connectivity index (χ4v) is 0.927. The Balaban J connectivity index is 2.60. The number of rotatable bonds is 4. The molecule has 0 aliphatic rings. The minimum Gasteiger partial charge on any atom is -0.481 e. The number of aliphatic imine (C=N–C) groups is 1. The van der Waals surface area contributed by atoms with Crippen molar-refractivity contribution in [2.45, 2.75) is 6.42 Å². The lowest BCUT2D eigenvalue weighted by Crippen LogP contribution is -1.95. The van der Waals surface area contributed by atoms with E-state index in [4.69, 9.17) is 4.74 Å². The van der Waals surface area contributed by atoms with Crippen LogP contribution in [0.15, 0.2) is 23.2 Å². The number of hydrogen-bond acceptors (Lipinski definition) is 4. The second-order valence-electron chi connectivity index (χ2n) is 2.39. The van der Waals surface area contributed by atoms with Gasteiger partial charge in [0, 0.05) is 18.2 Å². The number of isocyanates is 1. The average molecular weight is 178 g/mol. The highest BCUT2D eigenvalue weighted by atomic mass is 16.5. The second kappa shape index (κ2) is 5.06. The van der Waals surface area contributed by atoms with Crippen LogP contribution in [-0.4, -0.2) is 24.7 Å². The average Bonchev–Trinajstić information content (AvgIpc) is 2.19. The quantitative estimate of drug-likeness (QED) is 0.510. The van der Waals surface area contributed by atoms with E-state index in [9.17, 15) is 4.79 Å². The van der Waals surface area contributed by atoms with E-state index in [2.05, 4.69) is 9.98 Å². The summed E-state index contributed by atoms with van der Waals surface area (Å²) in [6.45, 7) is 0.420. The number of carbonyl (C=O) groups excluding carboxylic acids is 1. The molecule has 4 heteroatoms. The summed E-state index contributed by atoms with van der Waals surface area (Å²) in [6, 6.07) is 5.49. The summed E-state index contributed by atoms with van der Waals surface area (Å²) in [7, 11) is 1.57. The highest BCUT2D eigenvalue weighted by molar-refractivity contribution is 5.32. The van der Waals surface area contributed by atoms with Crippen LogP contribution in [0.2, 0.25) is 0 Å². The van der Waals surface area contributed by atoms with Crippen molar-refractivity contribution in [1.82, 2.24) is 4.98 Å². The summed E-state index contributed by atoms with van der Waals surface area (Å²) in [4.78, 5) is 17.4. The molecule has 0 aliphatic carbocycles. The molecule has 0 spiro atoms. The van der Waals surface area contributed by atoms with Crippen molar-refractivity contribution in [3.05, 3.63) is 23.9 Å². The molecular formula is C9H10N2O2. The van der Waals surface area contributed by atoms with E-state index in [1.165, 1.54) is 6.08 Å². The van der Waals surface area contributed by atoms with E-state index in [0.717, 1.165) is 5.69 Å². The molecule has 13 heavy (non-hydrogen) atoms. The summed E-state index contributed by atoms with van der Waals surface area (Å²) in [5, 5.41) is 0. The molecular weight excluding hydrogens is 168 g/mol. The van der Waals surface area contributed by atoms with Gasteiger partial charge in [-0.15, -0.1) is 0 Å². The van der Waals surface area contributed by atoms with Crippen molar-refractivity contribution < 1.29 is 9.53 Å². The summed E-state index contributed by atoms with van der Waals surface area (Å²) in [5.41, 5.74) is 0.860. The molecule has 0 fully saturated rings. The smallest absolute Gasteiger partial charge is 0.234 e. The maximum atomic E-state index is 9.78. The standard InChI is InChI=1S/C9H10N2O2/c1-13-9-4-2-3-8(11-9)5-6-10-7-12/h2-4H,5-6H2,1H3. The lowest BCUT2D eigenvalue weighted by atomic mass is 10.3. The zero-order chi connectivity index (χ0) is 9.52. The molecule has 0 amide bonds. The predicted octanol–water partition coefficient (Wildman–Crippen LogP) is 0.968. The number of ether oxygens (including phenoxy) is 1. The van der Waals surface area contributed by atoms with Crippen molar-refractivity contribution in [1.29, 1.82) is 0 Å². The van der Waals surface area contributed by atoms with Gasteiger partial charge in [0.1, 0.15) is 0 Å². The van der Waals surface area contributed by atoms with E-state index in [-0.39, 0.29) is 0 Å². The van der Waals surface area contributed by atoms with Crippen LogP contribution in [0.25, 0.3) is 0 Å². The number of aromatic nitrogens is 1. The first kappa shape index (κ1) is 9.42. The van der Waals surface area contributed by atoms with Gasteiger partial charge >= 0.3 is 0 Å². The molecule has 0 saturated carbocycles. The normalized spacial score (nSPS) is 9.00. The summed E-state index contributed by atoms with van der Waals surface area (Å²) < 4.78 is 4.94. The van der Waals surface area contributed by atoms with Crippen LogP contribution >= 0.6 is 0 Å². The molecule has 0 aliphatic heterocycles. The first-order valence-electron chi connectivity index (χ1n) is 3.90. The topological polar surface area (TPSA) is 51.5 Å². The highest BCUT2D eigenvalue weighted by Gasteiger charge is 1.95. The Bertz CT molecular complexity index is 319. The van der Waals surface area contributed by atoms with E-state index in [1.807, 2.05) is 12.1 Å². The number of pyridine rings is 1. The van der Waals surface area contributed by atoms with Crippen LogP contribution in [0.1, 0.15) is 5.69 Å². The Kier molecular flexibility index (Phi) is 3.67. The van der Waals surface area contributed by atoms with Crippen molar-refractivity contribution in [2.75, 3.05) is 13.7 Å². The van der Waals surface area contributed by atoms with E-state index in [0.29, 0.717) is 18.8 Å². The van der Waals surface area contributed by atoms with Gasteiger partial charge < -0.3 is 4.74 Å². The van der Waals surface area contributed by atoms with Gasteiger partial charge in [-0.1, -0.05) is 6.07 Å². The zero-order valence-electron chi connectivity index (χ0n) is 7.36. The number of nitrogens with zero attached hydrogens (tertiary/aromatic N) is 2. The fourth-order valence-electron chi connectivity index (χ4n) is 0.927. The predicted molar refractivity (Wildman–Crippen MR) is 47.5 cm³/mol. The molecule has 0 unspecified atom stereocenters. The van der Waals surface area contributed by atoms with Gasteiger partial charge in [0.2, 0.25) is 12.0 Å². The third-order valence-electron chi connectivity index (χ3n) is 1.53. The molecule has 1 aromatic rings. The fraction of sp³-hybridized carbons (Fsp3) is 0.333. The van der Waals surface area contributed by atoms with Gasteiger partial charge in [-0.05, 0) is 6.07 Å². The van der Waals surface area contributed by atoms with E-state index < -0.39 is 0 Å². The van der Waals surface area contributed by atoms with Crippen LogP contribution in [0, 0.1) is 0 Å². The molecule has 1 heterocycles. The summed E-state index contributed by atoms with van der Waals surface area (Å²) in [6.07, 6.45) is 2.11. The van der Waals surface area contributed by atoms with Crippen LogP contribution in [-0.2, 0) is 11.2 Å². The van der Waals surface area contributed by atoms with Crippen molar-refractivity contribution in [3.8, 4) is 5.88 Å². The Morgan fingerprint density at radius 3 is 3.15 bits per heavy atom. The van der Waals surface area contributed by atoms with Crippen LogP contribution in [0.3, 0.4) is 0 Å². The Labute approximate surface area is 76.3 Å². The first-order valence-corrected chi connectivity index (χ1v) is 3.90. The lowest BCUT2D eigenvalue weighted by molar-refractivity contribution is 0.396. The van der Waals surface area contributed by atoms with Crippen molar-refractivity contribution in [3.63, 3.8) is 0 Å². The molecule has 0 N–H and O–H groups in total. The minimum absolute atomic E-state index is 0.420. The van der Waals surface area contributed by atoms with Gasteiger partial charge in [0.25, 0.3) is 0 Å². The van der Waals surface area contributed by atoms with Gasteiger partial charge in [-0.2, -0.15) is 0 Å². The van der Waals surface area contributed by atoms with Gasteiger partial charge in [-0.3, -0.25) is 0 Å². The van der Waals surface area contributed by atoms with Gasteiger partial charge in [0.05, 0.1) is 13.7 Å².